The van der Waals surface area contributed by atoms with E-state index in [9.17, 15) is 68.1 Å². The van der Waals surface area contributed by atoms with Gasteiger partial charge >= 0.3 is 11.9 Å². The number of unbranched alkanes of at least 4 members (excludes halogenated alkanes) is 12. The van der Waals surface area contributed by atoms with Crippen molar-refractivity contribution in [2.75, 3.05) is 13.1 Å². The Bertz CT molecular complexity index is 2490. The number of carboxylic acid groups (broad SMARTS) is 2. The van der Waals surface area contributed by atoms with Crippen molar-refractivity contribution in [1.82, 2.24) is 42.5 Å². The summed E-state index contributed by atoms with van der Waals surface area (Å²) in [6, 6.07) is 5.56. The topological polar surface area (TPSA) is 423 Å². The molecular weight excluding hydrogens is 1150 g/mol. The van der Waals surface area contributed by atoms with Crippen LogP contribution in [0, 0.1) is 5.92 Å². The first-order valence-electron chi connectivity index (χ1n) is 31.8. The maximum Gasteiger partial charge on any atom is 0.326 e. The number of rotatable bonds is 49. The van der Waals surface area contributed by atoms with E-state index in [4.69, 9.17) is 17.2 Å². The molecule has 2 rings (SSSR count). The van der Waals surface area contributed by atoms with Crippen LogP contribution in [0.15, 0.2) is 60.7 Å². The smallest absolute Gasteiger partial charge is 0.326 e. The molecule has 25 nitrogen and oxygen atoms in total. The molecule has 0 aromatic heterocycles. The fraction of sp³-hybridized carbons (Fsp3) is 0.641. The van der Waals surface area contributed by atoms with Gasteiger partial charge in [0.1, 0.15) is 48.3 Å². The first-order chi connectivity index (χ1) is 42.5. The molecule has 0 aliphatic carbocycles. The van der Waals surface area contributed by atoms with Crippen LogP contribution < -0.4 is 59.7 Å². The van der Waals surface area contributed by atoms with Gasteiger partial charge in [-0.2, -0.15) is 0 Å². The fourth-order valence-electron chi connectivity index (χ4n) is 9.93. The summed E-state index contributed by atoms with van der Waals surface area (Å²) in [7, 11) is 0. The maximum absolute atomic E-state index is 14.4. The van der Waals surface area contributed by atoms with E-state index in [-0.39, 0.29) is 76.8 Å². The monoisotopic (exact) mass is 1250 g/mol. The molecule has 0 saturated heterocycles. The quantitative estimate of drug-likeness (QED) is 0.0424. The number of aliphatic carboxylic acids is 2. The molecule has 0 aliphatic heterocycles. The molecule has 0 bridgehead atoms. The number of primary amides is 1. The summed E-state index contributed by atoms with van der Waals surface area (Å²) in [5.74, 6) is -10.5. The van der Waals surface area contributed by atoms with Crippen LogP contribution in [0.4, 0.5) is 0 Å². The molecule has 0 aliphatic rings. The number of carbonyl (C=O) groups excluding carboxylic acids is 9. The third-order valence-corrected chi connectivity index (χ3v) is 15.0. The SMILES string of the molecule is CCCCCCCCCCCCCC(=O)NC(CCC(=O)O)C(=O)NC(CCCCN)C(=O)NC(C(=O)NC(CCCCN)C(=O)NC(CC(C)C)C(=O)NC(CCC(N)=O)C(=O)NC(Cc1ccccc1)C(=O)NC(Cc1ccccc1)C(=O)O)C(C)O. The zero-order valence-corrected chi connectivity index (χ0v) is 52.7. The lowest BCUT2D eigenvalue weighted by Gasteiger charge is -2.29. The van der Waals surface area contributed by atoms with Gasteiger partial charge < -0.3 is 75.1 Å². The number of hydrogen-bond donors (Lipinski definition) is 14. The first-order valence-corrected chi connectivity index (χ1v) is 31.8. The van der Waals surface area contributed by atoms with Crippen LogP contribution in [0.25, 0.3) is 0 Å². The third kappa shape index (κ3) is 33.6. The van der Waals surface area contributed by atoms with Crippen molar-refractivity contribution in [2.24, 2.45) is 23.1 Å². The summed E-state index contributed by atoms with van der Waals surface area (Å²) < 4.78 is 0. The Hall–Kier alpha value is -7.51. The van der Waals surface area contributed by atoms with Gasteiger partial charge in [0, 0.05) is 32.1 Å². The molecule has 0 heterocycles. The highest BCUT2D eigenvalue weighted by Gasteiger charge is 2.36. The molecular formula is C64H103N11O14. The molecule has 0 radical (unpaired) electrons. The van der Waals surface area contributed by atoms with Gasteiger partial charge in [-0.1, -0.05) is 146 Å². The minimum atomic E-state index is -1.74. The predicted octanol–water partition coefficient (Wildman–Crippen LogP) is 2.95. The van der Waals surface area contributed by atoms with Gasteiger partial charge in [-0.05, 0) is 101 Å². The van der Waals surface area contributed by atoms with Gasteiger partial charge in [0.2, 0.25) is 53.2 Å². The van der Waals surface area contributed by atoms with Crippen LogP contribution in [0.1, 0.15) is 187 Å². The van der Waals surface area contributed by atoms with Crippen molar-refractivity contribution in [3.05, 3.63) is 71.8 Å². The van der Waals surface area contributed by atoms with Crippen molar-refractivity contribution in [1.29, 1.82) is 0 Å². The second kappa shape index (κ2) is 44.8. The van der Waals surface area contributed by atoms with Crippen molar-refractivity contribution >= 4 is 65.1 Å². The molecule has 89 heavy (non-hydrogen) atoms. The highest BCUT2D eigenvalue weighted by Crippen LogP contribution is 2.15. The number of carbonyl (C=O) groups is 11. The Balaban J connectivity index is 2.36. The summed E-state index contributed by atoms with van der Waals surface area (Å²) in [6.07, 6.45) is 9.88. The van der Waals surface area contributed by atoms with Crippen LogP contribution in [-0.2, 0) is 65.6 Å². The number of hydrogen-bond acceptors (Lipinski definition) is 14. The summed E-state index contributed by atoms with van der Waals surface area (Å²) in [4.78, 5) is 149. The van der Waals surface area contributed by atoms with Crippen LogP contribution in [0.2, 0.25) is 0 Å². The van der Waals surface area contributed by atoms with E-state index >= 15 is 0 Å². The van der Waals surface area contributed by atoms with Crippen molar-refractivity contribution < 1.29 is 68.1 Å². The highest BCUT2D eigenvalue weighted by molar-refractivity contribution is 5.98. The van der Waals surface area contributed by atoms with E-state index in [0.29, 0.717) is 36.8 Å². The van der Waals surface area contributed by atoms with Gasteiger partial charge in [0.15, 0.2) is 0 Å². The van der Waals surface area contributed by atoms with Crippen LogP contribution in [0.5, 0.6) is 0 Å². The van der Waals surface area contributed by atoms with E-state index < -0.39 is 132 Å². The zero-order chi connectivity index (χ0) is 66.1. The van der Waals surface area contributed by atoms with Gasteiger partial charge in [0.25, 0.3) is 0 Å². The maximum atomic E-state index is 14.4. The second-order valence-corrected chi connectivity index (χ2v) is 23.4. The van der Waals surface area contributed by atoms with Gasteiger partial charge in [-0.15, -0.1) is 0 Å². The lowest BCUT2D eigenvalue weighted by Crippen LogP contribution is -2.62. The number of aliphatic hydroxyl groups excluding tert-OH is 1. The van der Waals surface area contributed by atoms with E-state index in [1.165, 1.54) is 45.4 Å². The van der Waals surface area contributed by atoms with Gasteiger partial charge in [0.05, 0.1) is 6.10 Å². The minimum Gasteiger partial charge on any atom is -0.481 e. The Morgan fingerprint density at radius 1 is 0.416 bits per heavy atom. The van der Waals surface area contributed by atoms with E-state index in [2.05, 4.69) is 49.5 Å². The Morgan fingerprint density at radius 2 is 0.798 bits per heavy atom. The Labute approximate surface area is 524 Å². The van der Waals surface area contributed by atoms with Gasteiger partial charge in [-0.3, -0.25) is 47.9 Å². The van der Waals surface area contributed by atoms with E-state index in [1.54, 1.807) is 74.5 Å². The molecule has 0 fully saturated rings. The predicted molar refractivity (Wildman–Crippen MR) is 337 cm³/mol. The van der Waals surface area contributed by atoms with Crippen LogP contribution in [0.3, 0.4) is 0 Å². The van der Waals surface area contributed by atoms with Crippen molar-refractivity contribution in [3.63, 3.8) is 0 Å². The molecule has 9 unspecified atom stereocenters. The van der Waals surface area contributed by atoms with E-state index in [0.717, 1.165) is 25.7 Å². The number of aliphatic hydroxyl groups is 1. The number of carboxylic acids is 2. The lowest BCUT2D eigenvalue weighted by molar-refractivity contribution is -0.142. The highest BCUT2D eigenvalue weighted by atomic mass is 16.4. The largest absolute Gasteiger partial charge is 0.481 e. The molecule has 0 saturated carbocycles. The molecule has 9 atom stereocenters. The van der Waals surface area contributed by atoms with Crippen molar-refractivity contribution in [2.45, 2.75) is 243 Å². The summed E-state index contributed by atoms with van der Waals surface area (Å²) in [6.45, 7) is 7.36. The Morgan fingerprint density at radius 3 is 1.25 bits per heavy atom. The minimum absolute atomic E-state index is 0.0122. The molecule has 2 aromatic rings. The summed E-state index contributed by atoms with van der Waals surface area (Å²) in [5, 5.41) is 51.3. The average molecular weight is 1250 g/mol. The molecule has 17 N–H and O–H groups in total. The summed E-state index contributed by atoms with van der Waals surface area (Å²) in [5.41, 5.74) is 18.3. The molecule has 25 heteroatoms. The van der Waals surface area contributed by atoms with Gasteiger partial charge in [-0.25, -0.2) is 4.79 Å². The molecule has 2 aromatic carbocycles. The number of nitrogens with two attached hydrogens (primary N) is 3. The molecule has 498 valence electrons. The standard InChI is InChI=1S/C64H103N11O14/c1-5-6-7-8-9-10-11-12-13-14-21-32-54(78)68-48(34-36-55(79)80)58(82)69-47(31-23-25-38-66)60(84)75-56(43(4)76)63(87)71-46(30-22-24-37-65)57(81)72-50(39-42(2)3)61(85)70-49(33-35-53(67)77)59(83)73-51(40-44-26-17-15-18-27-44)62(86)74-52(64(88)89)41-45-28-19-16-20-29-45/h15-20,26-29,42-43,46-52,56,76H,5-14,21-25,30-41,65-66H2,1-4H3,(H2,67,77)(H,68,78)(H,69,82)(H,70,85)(H,71,87)(H,72,81)(H,73,83)(H,74,86)(H,75,84)(H,79,80)(H,88,89). The van der Waals surface area contributed by atoms with E-state index in [1.807, 2.05) is 0 Å². The van der Waals surface area contributed by atoms with Crippen molar-refractivity contribution in [3.8, 4) is 0 Å². The first kappa shape index (κ1) is 77.6. The normalized spacial score (nSPS) is 14.2. The third-order valence-electron chi connectivity index (χ3n) is 15.0. The number of nitrogens with one attached hydrogen (secondary N) is 8. The number of benzene rings is 2. The Kier molecular flexibility index (Phi) is 39.1. The zero-order valence-electron chi connectivity index (χ0n) is 52.7. The van der Waals surface area contributed by atoms with Crippen LogP contribution in [-0.4, -0.2) is 148 Å². The fourth-order valence-corrected chi connectivity index (χ4v) is 9.93. The number of amides is 9. The van der Waals surface area contributed by atoms with Crippen LogP contribution >= 0.6 is 0 Å². The second-order valence-electron chi connectivity index (χ2n) is 23.4. The molecule has 0 spiro atoms. The molecule has 9 amide bonds. The lowest BCUT2D eigenvalue weighted by atomic mass is 10.00. The average Bonchev–Trinajstić information content (AvgIpc) is 3.64. The summed E-state index contributed by atoms with van der Waals surface area (Å²) >= 11 is 0.